The van der Waals surface area contributed by atoms with Crippen molar-refractivity contribution in [3.63, 3.8) is 0 Å². The van der Waals surface area contributed by atoms with Crippen molar-refractivity contribution in [1.29, 1.82) is 0 Å². The molecule has 1 amide bonds. The number of carbonyl (C=O) groups is 1. The summed E-state index contributed by atoms with van der Waals surface area (Å²) in [4.78, 5) is 16.7. The first kappa shape index (κ1) is 22.6. The molecule has 0 spiro atoms. The lowest BCUT2D eigenvalue weighted by Crippen LogP contribution is -2.42. The predicted octanol–water partition coefficient (Wildman–Crippen LogP) is 2.99. The molecule has 26 heavy (non-hydrogen) atoms. The molecule has 3 N–H and O–H groups in total. The Morgan fingerprint density at radius 3 is 2.81 bits per heavy atom. The molecule has 6 nitrogen and oxygen atoms in total. The molecule has 148 valence electrons. The van der Waals surface area contributed by atoms with Gasteiger partial charge < -0.3 is 20.5 Å². The summed E-state index contributed by atoms with van der Waals surface area (Å²) in [5, 5.41) is 16.4. The highest BCUT2D eigenvalue weighted by atomic mass is 32.1. The number of thiazole rings is 1. The van der Waals surface area contributed by atoms with Crippen LogP contribution in [0.2, 0.25) is 0 Å². The van der Waals surface area contributed by atoms with Gasteiger partial charge in [0.05, 0.1) is 6.20 Å². The van der Waals surface area contributed by atoms with Gasteiger partial charge in [0.1, 0.15) is 17.6 Å². The highest BCUT2D eigenvalue weighted by Crippen LogP contribution is 2.20. The minimum Gasteiger partial charge on any atom is -0.467 e. The monoisotopic (exact) mass is 383 g/mol. The van der Waals surface area contributed by atoms with Crippen LogP contribution in [0.5, 0.6) is 5.19 Å². The molecular weight excluding hydrogens is 350 g/mol. The van der Waals surface area contributed by atoms with Crippen molar-refractivity contribution in [3.05, 3.63) is 23.2 Å². The van der Waals surface area contributed by atoms with Crippen LogP contribution in [0.1, 0.15) is 57.1 Å². The SMILES string of the molecule is CC(C)/C=C\CCCNC(=O)c1cnc(OCC(O)CNC(C)(C)C)s1. The minimum absolute atomic E-state index is 0.0575. The Balaban J connectivity index is 2.27. The number of ether oxygens (including phenoxy) is 1. The number of carbonyl (C=O) groups excluding carboxylic acids is 1. The summed E-state index contributed by atoms with van der Waals surface area (Å²) in [6.07, 6.45) is 7.05. The Morgan fingerprint density at radius 2 is 2.15 bits per heavy atom. The first-order chi connectivity index (χ1) is 12.2. The quantitative estimate of drug-likeness (QED) is 0.404. The maximum Gasteiger partial charge on any atom is 0.273 e. The molecule has 0 aliphatic heterocycles. The van der Waals surface area contributed by atoms with Crippen molar-refractivity contribution in [1.82, 2.24) is 15.6 Å². The lowest BCUT2D eigenvalue weighted by atomic mass is 10.1. The Labute approximate surface area is 161 Å². The zero-order valence-corrected chi connectivity index (χ0v) is 17.4. The lowest BCUT2D eigenvalue weighted by Gasteiger charge is -2.22. The van der Waals surface area contributed by atoms with Crippen molar-refractivity contribution in [2.45, 2.75) is 59.1 Å². The smallest absolute Gasteiger partial charge is 0.273 e. The second-order valence-electron chi connectivity index (χ2n) is 7.66. The summed E-state index contributed by atoms with van der Waals surface area (Å²) in [5.41, 5.74) is -0.0575. The van der Waals surface area contributed by atoms with E-state index >= 15 is 0 Å². The number of hydrogen-bond donors (Lipinski definition) is 3. The first-order valence-electron chi connectivity index (χ1n) is 9.14. The number of amides is 1. The van der Waals surface area contributed by atoms with Crippen LogP contribution in [0.4, 0.5) is 0 Å². The Kier molecular flexibility index (Phi) is 9.83. The summed E-state index contributed by atoms with van der Waals surface area (Å²) in [6.45, 7) is 11.6. The average Bonchev–Trinajstić information content (AvgIpc) is 3.02. The van der Waals surface area contributed by atoms with Crippen LogP contribution in [0.25, 0.3) is 0 Å². The van der Waals surface area contributed by atoms with E-state index < -0.39 is 6.10 Å². The van der Waals surface area contributed by atoms with E-state index in [1.54, 1.807) is 0 Å². The molecule has 1 aromatic heterocycles. The van der Waals surface area contributed by atoms with Gasteiger partial charge in [-0.05, 0) is 39.5 Å². The summed E-state index contributed by atoms with van der Waals surface area (Å²) < 4.78 is 5.47. The molecule has 1 aromatic rings. The Morgan fingerprint density at radius 1 is 1.42 bits per heavy atom. The number of aliphatic hydroxyl groups excluding tert-OH is 1. The highest BCUT2D eigenvalue weighted by Gasteiger charge is 2.14. The number of β-amino-alcohol motifs (C(OH)–C–C–N with tert-alkyl or cyclic N) is 1. The summed E-state index contributed by atoms with van der Waals surface area (Å²) in [5.74, 6) is 0.420. The average molecular weight is 384 g/mol. The van der Waals surface area contributed by atoms with Crippen molar-refractivity contribution < 1.29 is 14.6 Å². The third kappa shape index (κ3) is 10.5. The standard InChI is InChI=1S/C19H33N3O3S/c1-14(2)9-7-6-8-10-20-17(24)16-12-21-18(26-16)25-13-15(23)11-22-19(3,4)5/h7,9,12,14-15,22-23H,6,8,10-11,13H2,1-5H3,(H,20,24)/b9-7-. The van der Waals surface area contributed by atoms with E-state index in [4.69, 9.17) is 4.74 Å². The van der Waals surface area contributed by atoms with Gasteiger partial charge in [0.25, 0.3) is 11.1 Å². The van der Waals surface area contributed by atoms with E-state index in [1.807, 2.05) is 20.8 Å². The second-order valence-corrected chi connectivity index (χ2v) is 8.65. The van der Waals surface area contributed by atoms with Crippen LogP contribution >= 0.6 is 11.3 Å². The van der Waals surface area contributed by atoms with Gasteiger partial charge in [0, 0.05) is 18.6 Å². The van der Waals surface area contributed by atoms with Crippen molar-refractivity contribution in [2.75, 3.05) is 19.7 Å². The van der Waals surface area contributed by atoms with Crippen LogP contribution in [0.15, 0.2) is 18.3 Å². The minimum atomic E-state index is -0.630. The molecule has 1 atom stereocenters. The molecule has 7 heteroatoms. The third-order valence-corrected chi connectivity index (χ3v) is 4.24. The number of nitrogens with one attached hydrogen (secondary N) is 2. The van der Waals surface area contributed by atoms with Crippen LogP contribution in [-0.2, 0) is 0 Å². The van der Waals surface area contributed by atoms with E-state index in [-0.39, 0.29) is 18.1 Å². The fourth-order valence-electron chi connectivity index (χ4n) is 1.96. The fourth-order valence-corrected chi connectivity index (χ4v) is 2.65. The Bertz CT molecular complexity index is 565. The van der Waals surface area contributed by atoms with E-state index in [0.717, 1.165) is 12.8 Å². The van der Waals surface area contributed by atoms with Crippen LogP contribution in [0.3, 0.4) is 0 Å². The maximum absolute atomic E-state index is 12.1. The van der Waals surface area contributed by atoms with E-state index in [1.165, 1.54) is 17.5 Å². The molecular formula is C19H33N3O3S. The summed E-state index contributed by atoms with van der Waals surface area (Å²) in [7, 11) is 0. The van der Waals surface area contributed by atoms with E-state index in [0.29, 0.717) is 29.1 Å². The summed E-state index contributed by atoms with van der Waals surface area (Å²) >= 11 is 1.19. The van der Waals surface area contributed by atoms with Gasteiger partial charge in [0.2, 0.25) is 0 Å². The zero-order chi connectivity index (χ0) is 19.6. The van der Waals surface area contributed by atoms with Crippen LogP contribution in [0, 0.1) is 5.92 Å². The van der Waals surface area contributed by atoms with Crippen LogP contribution in [-0.4, -0.2) is 47.3 Å². The van der Waals surface area contributed by atoms with Gasteiger partial charge >= 0.3 is 0 Å². The molecule has 0 fully saturated rings. The van der Waals surface area contributed by atoms with Gasteiger partial charge in [-0.1, -0.05) is 37.3 Å². The molecule has 0 aliphatic carbocycles. The van der Waals surface area contributed by atoms with Gasteiger partial charge in [0.15, 0.2) is 0 Å². The number of aliphatic hydroxyl groups is 1. The van der Waals surface area contributed by atoms with E-state index in [2.05, 4.69) is 41.6 Å². The molecule has 0 radical (unpaired) electrons. The zero-order valence-electron chi connectivity index (χ0n) is 16.5. The van der Waals surface area contributed by atoms with Crippen molar-refractivity contribution >= 4 is 17.2 Å². The van der Waals surface area contributed by atoms with Crippen molar-refractivity contribution in [2.24, 2.45) is 5.92 Å². The molecule has 0 bridgehead atoms. The highest BCUT2D eigenvalue weighted by molar-refractivity contribution is 7.15. The van der Waals surface area contributed by atoms with Gasteiger partial charge in [-0.2, -0.15) is 0 Å². The molecule has 0 aromatic carbocycles. The first-order valence-corrected chi connectivity index (χ1v) is 9.95. The third-order valence-electron chi connectivity index (χ3n) is 3.33. The topological polar surface area (TPSA) is 83.5 Å². The number of allylic oxidation sites excluding steroid dienone is 2. The maximum atomic E-state index is 12.1. The molecule has 0 saturated heterocycles. The van der Waals surface area contributed by atoms with Gasteiger partial charge in [-0.3, -0.25) is 4.79 Å². The molecule has 0 saturated carbocycles. The fraction of sp³-hybridized carbons (Fsp3) is 0.684. The Hall–Kier alpha value is -1.44. The molecule has 1 rings (SSSR count). The normalized spacial score (nSPS) is 13.3. The number of aromatic nitrogens is 1. The number of unbranched alkanes of at least 4 members (excludes halogenated alkanes) is 1. The number of hydrogen-bond acceptors (Lipinski definition) is 6. The lowest BCUT2D eigenvalue weighted by molar-refractivity contribution is 0.0957. The van der Waals surface area contributed by atoms with Crippen molar-refractivity contribution in [3.8, 4) is 5.19 Å². The molecule has 1 heterocycles. The predicted molar refractivity (Wildman–Crippen MR) is 107 cm³/mol. The van der Waals surface area contributed by atoms with Crippen LogP contribution < -0.4 is 15.4 Å². The van der Waals surface area contributed by atoms with Gasteiger partial charge in [-0.25, -0.2) is 4.98 Å². The number of nitrogens with zero attached hydrogens (tertiary/aromatic N) is 1. The van der Waals surface area contributed by atoms with Gasteiger partial charge in [-0.15, -0.1) is 0 Å². The van der Waals surface area contributed by atoms with E-state index in [9.17, 15) is 9.90 Å². The molecule has 0 aliphatic rings. The number of rotatable bonds is 11. The molecule has 1 unspecified atom stereocenters. The largest absolute Gasteiger partial charge is 0.467 e. The summed E-state index contributed by atoms with van der Waals surface area (Å²) in [6, 6.07) is 0. The second kappa shape index (κ2) is 11.3.